The summed E-state index contributed by atoms with van der Waals surface area (Å²) in [5.74, 6) is -0.821. The van der Waals surface area contributed by atoms with Crippen LogP contribution in [-0.4, -0.2) is 36.3 Å². The number of rotatable bonds is 3. The number of benzene rings is 2. The Morgan fingerprint density at radius 3 is 2.61 bits per heavy atom. The van der Waals surface area contributed by atoms with Gasteiger partial charge in [0.2, 0.25) is 5.91 Å². The van der Waals surface area contributed by atoms with E-state index in [2.05, 4.69) is 10.6 Å². The number of nitrogens with zero attached hydrogens (tertiary/aromatic N) is 1. The van der Waals surface area contributed by atoms with Crippen LogP contribution in [0.1, 0.15) is 12.5 Å². The number of urea groups is 1. The number of amides is 4. The highest BCUT2D eigenvalue weighted by molar-refractivity contribution is 6.10. The fourth-order valence-corrected chi connectivity index (χ4v) is 2.91. The van der Waals surface area contributed by atoms with Crippen molar-refractivity contribution in [1.82, 2.24) is 15.5 Å². The predicted molar refractivity (Wildman–Crippen MR) is 85.6 cm³/mol. The van der Waals surface area contributed by atoms with Gasteiger partial charge in [-0.05, 0) is 23.3 Å². The van der Waals surface area contributed by atoms with Crippen LogP contribution in [0.25, 0.3) is 10.8 Å². The predicted octanol–water partition coefficient (Wildman–Crippen LogP) is 1.35. The quantitative estimate of drug-likeness (QED) is 0.840. The lowest BCUT2D eigenvalue weighted by Gasteiger charge is -2.24. The summed E-state index contributed by atoms with van der Waals surface area (Å²) in [7, 11) is 1.46. The van der Waals surface area contributed by atoms with Gasteiger partial charge in [0, 0.05) is 7.05 Å². The molecular formula is C17H17N3O3. The van der Waals surface area contributed by atoms with E-state index in [9.17, 15) is 14.4 Å². The van der Waals surface area contributed by atoms with Gasteiger partial charge in [0.15, 0.2) is 0 Å². The molecule has 3 rings (SSSR count). The van der Waals surface area contributed by atoms with Crippen molar-refractivity contribution >= 4 is 28.6 Å². The highest BCUT2D eigenvalue weighted by atomic mass is 16.2. The first-order valence-corrected chi connectivity index (χ1v) is 7.30. The maximum Gasteiger partial charge on any atom is 0.325 e. The number of carbonyl (C=O) groups is 3. The van der Waals surface area contributed by atoms with E-state index in [4.69, 9.17) is 0 Å². The van der Waals surface area contributed by atoms with Gasteiger partial charge in [0.25, 0.3) is 5.91 Å². The molecule has 4 amide bonds. The average molecular weight is 311 g/mol. The van der Waals surface area contributed by atoms with Crippen LogP contribution in [0.3, 0.4) is 0 Å². The first kappa shape index (κ1) is 15.0. The molecule has 6 heteroatoms. The molecule has 2 aromatic carbocycles. The minimum absolute atomic E-state index is 0.290. The third kappa shape index (κ3) is 2.32. The van der Waals surface area contributed by atoms with Gasteiger partial charge < -0.3 is 10.6 Å². The third-order valence-electron chi connectivity index (χ3n) is 4.18. The fourth-order valence-electron chi connectivity index (χ4n) is 2.91. The molecule has 0 aliphatic carbocycles. The summed E-state index contributed by atoms with van der Waals surface area (Å²) < 4.78 is 0. The summed E-state index contributed by atoms with van der Waals surface area (Å²) >= 11 is 0. The Morgan fingerprint density at radius 2 is 1.87 bits per heavy atom. The van der Waals surface area contributed by atoms with E-state index in [1.165, 1.54) is 7.05 Å². The molecule has 0 spiro atoms. The van der Waals surface area contributed by atoms with Crippen LogP contribution in [0.4, 0.5) is 4.79 Å². The van der Waals surface area contributed by atoms with E-state index in [1.807, 2.05) is 42.5 Å². The lowest BCUT2D eigenvalue weighted by atomic mass is 9.88. The first-order chi connectivity index (χ1) is 11.0. The van der Waals surface area contributed by atoms with Gasteiger partial charge in [0.1, 0.15) is 12.1 Å². The van der Waals surface area contributed by atoms with Gasteiger partial charge in [-0.25, -0.2) is 4.79 Å². The minimum Gasteiger partial charge on any atom is -0.358 e. The topological polar surface area (TPSA) is 78.5 Å². The summed E-state index contributed by atoms with van der Waals surface area (Å²) in [5.41, 5.74) is -0.472. The molecule has 1 aliphatic rings. The summed E-state index contributed by atoms with van der Waals surface area (Å²) in [6, 6.07) is 12.7. The largest absolute Gasteiger partial charge is 0.358 e. The standard InChI is InChI=1S/C17H17N3O3/c1-17(13-9-5-7-11-6-3-4-8-12(11)13)15(22)20(16(23)19-17)10-14(21)18-2/h3-9H,10H2,1-2H3,(H,18,21)(H,19,23). The zero-order chi connectivity index (χ0) is 16.6. The molecule has 1 heterocycles. The van der Waals surface area contributed by atoms with E-state index in [0.717, 1.165) is 15.7 Å². The summed E-state index contributed by atoms with van der Waals surface area (Å²) in [6.07, 6.45) is 0. The molecule has 1 saturated heterocycles. The number of carbonyl (C=O) groups excluding carboxylic acids is 3. The molecule has 1 unspecified atom stereocenters. The van der Waals surface area contributed by atoms with Crippen molar-refractivity contribution in [2.75, 3.05) is 13.6 Å². The van der Waals surface area contributed by atoms with Gasteiger partial charge in [-0.1, -0.05) is 42.5 Å². The Balaban J connectivity index is 2.06. The summed E-state index contributed by atoms with van der Waals surface area (Å²) in [4.78, 5) is 37.4. The number of imide groups is 1. The molecule has 1 aliphatic heterocycles. The maximum atomic E-state index is 12.8. The van der Waals surface area contributed by atoms with Gasteiger partial charge in [-0.3, -0.25) is 14.5 Å². The van der Waals surface area contributed by atoms with Crippen LogP contribution < -0.4 is 10.6 Å². The zero-order valence-electron chi connectivity index (χ0n) is 12.9. The molecule has 23 heavy (non-hydrogen) atoms. The Labute approximate surface area is 133 Å². The Bertz CT molecular complexity index is 812. The van der Waals surface area contributed by atoms with E-state index in [-0.39, 0.29) is 6.54 Å². The highest BCUT2D eigenvalue weighted by Gasteiger charge is 2.49. The lowest BCUT2D eigenvalue weighted by molar-refractivity contribution is -0.134. The lowest BCUT2D eigenvalue weighted by Crippen LogP contribution is -2.42. The number of hydrogen-bond donors (Lipinski definition) is 2. The van der Waals surface area contributed by atoms with Crippen molar-refractivity contribution in [2.45, 2.75) is 12.5 Å². The Hall–Kier alpha value is -2.89. The van der Waals surface area contributed by atoms with Crippen LogP contribution in [-0.2, 0) is 15.1 Å². The van der Waals surface area contributed by atoms with Gasteiger partial charge in [-0.15, -0.1) is 0 Å². The number of nitrogens with one attached hydrogen (secondary N) is 2. The third-order valence-corrected chi connectivity index (χ3v) is 4.18. The second kappa shape index (κ2) is 5.39. The van der Waals surface area contributed by atoms with Crippen molar-refractivity contribution in [3.63, 3.8) is 0 Å². The normalized spacial score (nSPS) is 20.7. The van der Waals surface area contributed by atoms with Crippen LogP contribution in [0.15, 0.2) is 42.5 Å². The van der Waals surface area contributed by atoms with Crippen molar-refractivity contribution in [2.24, 2.45) is 0 Å². The smallest absolute Gasteiger partial charge is 0.325 e. The Morgan fingerprint density at radius 1 is 1.17 bits per heavy atom. The molecule has 0 radical (unpaired) electrons. The zero-order valence-corrected chi connectivity index (χ0v) is 12.9. The summed E-state index contributed by atoms with van der Waals surface area (Å²) in [6.45, 7) is 1.38. The van der Waals surface area contributed by atoms with Gasteiger partial charge in [-0.2, -0.15) is 0 Å². The second-order valence-electron chi connectivity index (χ2n) is 5.65. The molecule has 118 valence electrons. The maximum absolute atomic E-state index is 12.8. The monoisotopic (exact) mass is 311 g/mol. The van der Waals surface area contributed by atoms with Crippen molar-refractivity contribution in [1.29, 1.82) is 0 Å². The molecule has 0 aromatic heterocycles. The van der Waals surface area contributed by atoms with E-state index in [1.54, 1.807) is 6.92 Å². The minimum atomic E-state index is -1.19. The van der Waals surface area contributed by atoms with Crippen molar-refractivity contribution in [3.05, 3.63) is 48.0 Å². The molecule has 1 atom stereocenters. The van der Waals surface area contributed by atoms with Crippen LogP contribution in [0, 0.1) is 0 Å². The first-order valence-electron chi connectivity index (χ1n) is 7.30. The van der Waals surface area contributed by atoms with E-state index >= 15 is 0 Å². The van der Waals surface area contributed by atoms with Gasteiger partial charge in [0.05, 0.1) is 0 Å². The molecule has 0 bridgehead atoms. The molecule has 2 N–H and O–H groups in total. The van der Waals surface area contributed by atoms with Crippen molar-refractivity contribution in [3.8, 4) is 0 Å². The SMILES string of the molecule is CNC(=O)CN1C(=O)NC(C)(c2cccc3ccccc23)C1=O. The summed E-state index contributed by atoms with van der Waals surface area (Å²) in [5, 5.41) is 7.02. The van der Waals surface area contributed by atoms with Crippen molar-refractivity contribution < 1.29 is 14.4 Å². The molecule has 1 fully saturated rings. The Kier molecular flexibility index (Phi) is 3.52. The van der Waals surface area contributed by atoms with Gasteiger partial charge >= 0.3 is 6.03 Å². The number of fused-ring (bicyclic) bond motifs is 1. The number of hydrogen-bond acceptors (Lipinski definition) is 3. The van der Waals surface area contributed by atoms with Crippen LogP contribution in [0.5, 0.6) is 0 Å². The van der Waals surface area contributed by atoms with E-state index in [0.29, 0.717) is 5.56 Å². The second-order valence-corrected chi connectivity index (χ2v) is 5.65. The number of likely N-dealkylation sites (N-methyl/N-ethyl adjacent to an activating group) is 1. The molecular weight excluding hydrogens is 294 g/mol. The van der Waals surface area contributed by atoms with Crippen LogP contribution >= 0.6 is 0 Å². The highest BCUT2D eigenvalue weighted by Crippen LogP contribution is 2.33. The van der Waals surface area contributed by atoms with E-state index < -0.39 is 23.4 Å². The molecule has 0 saturated carbocycles. The average Bonchev–Trinajstić information content (AvgIpc) is 2.78. The fraction of sp³-hybridized carbons (Fsp3) is 0.235. The molecule has 2 aromatic rings. The molecule has 6 nitrogen and oxygen atoms in total. The van der Waals surface area contributed by atoms with Crippen LogP contribution in [0.2, 0.25) is 0 Å².